The molecule has 0 rings (SSSR count). The topological polar surface area (TPSA) is 50.6 Å². The van der Waals surface area contributed by atoms with Crippen LogP contribution in [0.5, 0.6) is 0 Å². The van der Waals surface area contributed by atoms with E-state index in [9.17, 15) is 9.59 Å². The summed E-state index contributed by atoms with van der Waals surface area (Å²) < 4.78 is 0. The molecule has 4 nitrogen and oxygen atoms in total. The van der Waals surface area contributed by atoms with Crippen LogP contribution in [0.3, 0.4) is 0 Å². The Balaban J connectivity index is 3.63. The largest absolute Gasteiger partial charge is 0.332 e. The van der Waals surface area contributed by atoms with Crippen molar-refractivity contribution in [1.29, 1.82) is 0 Å². The molecule has 2 amide bonds. The van der Waals surface area contributed by atoms with Crippen LogP contribution in [0.4, 0.5) is 0 Å². The quantitative estimate of drug-likeness (QED) is 0.377. The van der Waals surface area contributed by atoms with Crippen LogP contribution in [0.2, 0.25) is 0 Å². The van der Waals surface area contributed by atoms with Crippen LogP contribution in [0, 0.1) is 0 Å². The van der Waals surface area contributed by atoms with Crippen LogP contribution in [-0.2, 0) is 9.59 Å². The van der Waals surface area contributed by atoms with E-state index in [0.29, 0.717) is 5.01 Å². The van der Waals surface area contributed by atoms with Crippen LogP contribution in [-0.4, -0.2) is 18.9 Å². The lowest BCUT2D eigenvalue weighted by atomic mass is 10.7. The van der Waals surface area contributed by atoms with Crippen molar-refractivity contribution >= 4 is 11.8 Å². The average Bonchev–Trinajstić information content (AvgIpc) is 1.63. The van der Waals surface area contributed by atoms with Gasteiger partial charge >= 0.3 is 5.91 Å². The van der Waals surface area contributed by atoms with Crippen molar-refractivity contribution in [2.24, 2.45) is 0 Å². The predicted molar refractivity (Wildman–Crippen MR) is 31.4 cm³/mol. The maximum absolute atomic E-state index is 10.4. The summed E-state index contributed by atoms with van der Waals surface area (Å²) in [5, 5.41) is 0.391. The molecule has 52 valence electrons. The number of rotatable bonds is 0. The molecule has 0 spiro atoms. The van der Waals surface area contributed by atoms with Crippen LogP contribution in [0.1, 0.15) is 13.8 Å². The number of carbonyl (C=O) groups excluding carboxylic acids is 2. The molecule has 9 heavy (non-hydrogen) atoms. The highest BCUT2D eigenvalue weighted by atomic mass is 16.2. The number of amides is 2. The van der Waals surface area contributed by atoms with Crippen molar-refractivity contribution in [3.8, 4) is 0 Å². The first-order valence-electron chi connectivity index (χ1n) is 2.66. The van der Waals surface area contributed by atoms with Gasteiger partial charge in [-0.25, -0.2) is 4.79 Å². The second kappa shape index (κ2) is 3.19. The Hall–Kier alpha value is -0.900. The fraction of sp³-hybridized carbons (Fsp3) is 0.600. The molecule has 0 bridgehead atoms. The lowest BCUT2D eigenvalue weighted by Crippen LogP contribution is -3.18. The van der Waals surface area contributed by atoms with E-state index in [0.717, 1.165) is 0 Å². The lowest BCUT2D eigenvalue weighted by Gasteiger charge is -2.06. The second-order valence-electron chi connectivity index (χ2n) is 1.86. The van der Waals surface area contributed by atoms with Crippen molar-refractivity contribution < 1.29 is 14.6 Å². The molecule has 0 saturated carbocycles. The molecule has 0 aromatic carbocycles. The van der Waals surface area contributed by atoms with E-state index in [1.807, 2.05) is 0 Å². The molecule has 0 radical (unpaired) electrons. The summed E-state index contributed by atoms with van der Waals surface area (Å²) in [5.74, 6) is -0.312. The van der Waals surface area contributed by atoms with E-state index in [2.05, 4.69) is 5.43 Å². The Labute approximate surface area is 53.8 Å². The molecular formula is C5H11N2O2+. The molecule has 0 aromatic heterocycles. The average molecular weight is 131 g/mol. The predicted octanol–water partition coefficient (Wildman–Crippen LogP) is -1.90. The Morgan fingerprint density at radius 3 is 1.89 bits per heavy atom. The zero-order valence-electron chi connectivity index (χ0n) is 5.82. The van der Waals surface area contributed by atoms with Crippen molar-refractivity contribution in [1.82, 2.24) is 5.43 Å². The summed E-state index contributed by atoms with van der Waals surface area (Å²) in [7, 11) is 1.57. The SMILES string of the molecule is CC(=O)N[NH+](C)C(C)=O. The van der Waals surface area contributed by atoms with Gasteiger partial charge in [0.25, 0.3) is 5.91 Å². The summed E-state index contributed by atoms with van der Waals surface area (Å²) >= 11 is 0. The molecule has 4 heteroatoms. The summed E-state index contributed by atoms with van der Waals surface area (Å²) in [6.07, 6.45) is 0. The third kappa shape index (κ3) is 3.66. The Morgan fingerprint density at radius 2 is 1.78 bits per heavy atom. The molecule has 0 heterocycles. The van der Waals surface area contributed by atoms with E-state index in [1.54, 1.807) is 7.05 Å². The minimum Gasteiger partial charge on any atom is -0.270 e. The fourth-order valence-electron chi connectivity index (χ4n) is 0.352. The van der Waals surface area contributed by atoms with Crippen molar-refractivity contribution in [3.05, 3.63) is 0 Å². The molecule has 0 aliphatic rings. The number of nitrogens with one attached hydrogen (secondary N) is 2. The zero-order valence-corrected chi connectivity index (χ0v) is 5.82. The maximum Gasteiger partial charge on any atom is 0.332 e. The standard InChI is InChI=1S/C5H10N2O2/c1-4(8)6-7(3)5(2)9/h1-3H3,(H,6,8)/p+1. The first-order valence-corrected chi connectivity index (χ1v) is 2.66. The highest BCUT2D eigenvalue weighted by molar-refractivity contribution is 5.73. The number of hydrogen-bond donors (Lipinski definition) is 2. The fourth-order valence-corrected chi connectivity index (χ4v) is 0.352. The molecule has 0 fully saturated rings. The van der Waals surface area contributed by atoms with Gasteiger partial charge in [0.15, 0.2) is 0 Å². The van der Waals surface area contributed by atoms with E-state index in [1.165, 1.54) is 13.8 Å². The Morgan fingerprint density at radius 1 is 1.33 bits per heavy atom. The van der Waals surface area contributed by atoms with Gasteiger partial charge in [-0.15, -0.1) is 0 Å². The van der Waals surface area contributed by atoms with Gasteiger partial charge in [-0.1, -0.05) is 0 Å². The van der Waals surface area contributed by atoms with Gasteiger partial charge in [0.1, 0.15) is 0 Å². The third-order valence-electron chi connectivity index (χ3n) is 0.892. The molecule has 2 N–H and O–H groups in total. The Bertz CT molecular complexity index is 133. The summed E-state index contributed by atoms with van der Waals surface area (Å²) in [4.78, 5) is 20.7. The second-order valence-corrected chi connectivity index (χ2v) is 1.86. The van der Waals surface area contributed by atoms with E-state index in [4.69, 9.17) is 0 Å². The van der Waals surface area contributed by atoms with Gasteiger partial charge in [0, 0.05) is 6.92 Å². The Kier molecular flexibility index (Phi) is 2.87. The van der Waals surface area contributed by atoms with E-state index < -0.39 is 0 Å². The van der Waals surface area contributed by atoms with Crippen LogP contribution in [0.25, 0.3) is 0 Å². The van der Waals surface area contributed by atoms with Gasteiger partial charge < -0.3 is 0 Å². The third-order valence-corrected chi connectivity index (χ3v) is 0.892. The van der Waals surface area contributed by atoms with Crippen LogP contribution in [0.15, 0.2) is 0 Å². The molecule has 0 aliphatic heterocycles. The molecule has 1 unspecified atom stereocenters. The monoisotopic (exact) mass is 131 g/mol. The summed E-state index contributed by atoms with van der Waals surface area (Å²) in [6, 6.07) is 0. The lowest BCUT2D eigenvalue weighted by molar-refractivity contribution is -0.836. The highest BCUT2D eigenvalue weighted by Crippen LogP contribution is 1.48. The molecule has 1 atom stereocenters. The minimum absolute atomic E-state index is 0.106. The normalized spacial score (nSPS) is 12.3. The molecule has 0 saturated heterocycles. The first kappa shape index (κ1) is 8.10. The van der Waals surface area contributed by atoms with Gasteiger partial charge in [-0.3, -0.25) is 4.79 Å². The zero-order chi connectivity index (χ0) is 7.44. The maximum atomic E-state index is 10.4. The van der Waals surface area contributed by atoms with Crippen molar-refractivity contribution in [2.75, 3.05) is 7.05 Å². The molecule has 0 aliphatic carbocycles. The summed E-state index contributed by atoms with van der Waals surface area (Å²) in [5.41, 5.74) is 2.37. The van der Waals surface area contributed by atoms with Crippen molar-refractivity contribution in [2.45, 2.75) is 13.8 Å². The number of hydrogen-bond acceptors (Lipinski definition) is 2. The number of carbonyl (C=O) groups is 2. The van der Waals surface area contributed by atoms with Gasteiger partial charge in [-0.05, 0) is 0 Å². The van der Waals surface area contributed by atoms with Gasteiger partial charge in [0.2, 0.25) is 0 Å². The smallest absolute Gasteiger partial charge is 0.270 e. The molecular weight excluding hydrogens is 120 g/mol. The van der Waals surface area contributed by atoms with E-state index >= 15 is 0 Å². The first-order chi connectivity index (χ1) is 4.04. The van der Waals surface area contributed by atoms with Crippen molar-refractivity contribution in [3.63, 3.8) is 0 Å². The number of quaternary nitrogens is 1. The summed E-state index contributed by atoms with van der Waals surface area (Å²) in [6.45, 7) is 2.78. The molecule has 0 aromatic rings. The minimum atomic E-state index is -0.206. The van der Waals surface area contributed by atoms with E-state index in [-0.39, 0.29) is 11.8 Å². The van der Waals surface area contributed by atoms with Crippen LogP contribution < -0.4 is 10.4 Å². The van der Waals surface area contributed by atoms with Gasteiger partial charge in [0.05, 0.1) is 14.0 Å². The highest BCUT2D eigenvalue weighted by Gasteiger charge is 2.07. The van der Waals surface area contributed by atoms with Crippen LogP contribution >= 0.6 is 0 Å². The van der Waals surface area contributed by atoms with Gasteiger partial charge in [-0.2, -0.15) is 10.4 Å².